The van der Waals surface area contributed by atoms with Gasteiger partial charge >= 0.3 is 0 Å². The highest BCUT2D eigenvalue weighted by atomic mass is 16.5. The van der Waals surface area contributed by atoms with E-state index < -0.39 is 5.60 Å². The third-order valence-electron chi connectivity index (χ3n) is 4.04. The minimum Gasteiger partial charge on any atom is -0.367 e. The summed E-state index contributed by atoms with van der Waals surface area (Å²) >= 11 is 0. The van der Waals surface area contributed by atoms with Crippen LogP contribution in [0.15, 0.2) is 34.9 Å². The third-order valence-corrected chi connectivity index (χ3v) is 4.04. The van der Waals surface area contributed by atoms with Gasteiger partial charge in [-0.25, -0.2) is 0 Å². The van der Waals surface area contributed by atoms with Crippen LogP contribution in [0.2, 0.25) is 0 Å². The predicted molar refractivity (Wildman–Crippen MR) is 78.5 cm³/mol. The molecule has 0 saturated carbocycles. The molecule has 5 heteroatoms. The molecule has 1 unspecified atom stereocenters. The minimum atomic E-state index is -0.416. The number of aryl methyl sites for hydroxylation is 1. The maximum Gasteiger partial charge on any atom is 0.243 e. The largest absolute Gasteiger partial charge is 0.367 e. The summed E-state index contributed by atoms with van der Waals surface area (Å²) in [4.78, 5) is 4.45. The summed E-state index contributed by atoms with van der Waals surface area (Å²) < 4.78 is 11.0. The molecule has 2 N–H and O–H groups in total. The van der Waals surface area contributed by atoms with E-state index in [4.69, 9.17) is 15.0 Å². The zero-order valence-electron chi connectivity index (χ0n) is 12.3. The summed E-state index contributed by atoms with van der Waals surface area (Å²) in [5, 5.41) is 4.05. The van der Waals surface area contributed by atoms with Crippen LogP contribution in [0.3, 0.4) is 0 Å². The van der Waals surface area contributed by atoms with Crippen LogP contribution < -0.4 is 5.73 Å². The van der Waals surface area contributed by atoms with Crippen LogP contribution in [0.1, 0.15) is 49.5 Å². The molecule has 0 spiro atoms. The topological polar surface area (TPSA) is 74.2 Å². The Bertz CT molecular complexity index is 576. The molecule has 0 aliphatic carbocycles. The predicted octanol–water partition coefficient (Wildman–Crippen LogP) is 2.73. The first-order valence-corrected chi connectivity index (χ1v) is 7.45. The summed E-state index contributed by atoms with van der Waals surface area (Å²) in [6.45, 7) is 2.75. The van der Waals surface area contributed by atoms with Gasteiger partial charge in [0.1, 0.15) is 5.60 Å². The monoisotopic (exact) mass is 287 g/mol. The molecule has 112 valence electrons. The lowest BCUT2D eigenvalue weighted by Crippen LogP contribution is -2.22. The zero-order chi connectivity index (χ0) is 14.7. The van der Waals surface area contributed by atoms with Gasteiger partial charge in [-0.15, -0.1) is 0 Å². The second kappa shape index (κ2) is 5.95. The number of rotatable bonds is 5. The first kappa shape index (κ1) is 14.2. The second-order valence-corrected chi connectivity index (χ2v) is 5.77. The Morgan fingerprint density at radius 2 is 2.14 bits per heavy atom. The molecule has 1 aliphatic rings. The van der Waals surface area contributed by atoms with Gasteiger partial charge in [0, 0.05) is 6.61 Å². The van der Waals surface area contributed by atoms with Crippen molar-refractivity contribution >= 4 is 0 Å². The molecule has 2 heterocycles. The Morgan fingerprint density at radius 3 is 2.86 bits per heavy atom. The van der Waals surface area contributed by atoms with E-state index in [1.807, 2.05) is 25.1 Å². The summed E-state index contributed by atoms with van der Waals surface area (Å²) in [5.41, 5.74) is 7.01. The number of hydrogen-bond acceptors (Lipinski definition) is 5. The summed E-state index contributed by atoms with van der Waals surface area (Å²) in [5.74, 6) is 1.11. The third kappa shape index (κ3) is 3.14. The fourth-order valence-electron chi connectivity index (χ4n) is 2.65. The molecule has 5 nitrogen and oxygen atoms in total. The maximum atomic E-state index is 6.16. The normalized spacial score (nSPS) is 23.3. The quantitative estimate of drug-likeness (QED) is 0.915. The maximum absolute atomic E-state index is 6.16. The lowest BCUT2D eigenvalue weighted by atomic mass is 10.0. The van der Waals surface area contributed by atoms with E-state index in [9.17, 15) is 0 Å². The molecule has 2 atom stereocenters. The van der Waals surface area contributed by atoms with Crippen LogP contribution in [-0.2, 0) is 16.8 Å². The van der Waals surface area contributed by atoms with E-state index in [-0.39, 0.29) is 6.04 Å². The molecule has 3 rings (SSSR count). The van der Waals surface area contributed by atoms with Gasteiger partial charge in [-0.2, -0.15) is 4.98 Å². The Morgan fingerprint density at radius 1 is 1.33 bits per heavy atom. The molecule has 1 fully saturated rings. The van der Waals surface area contributed by atoms with Gasteiger partial charge in [0.25, 0.3) is 0 Å². The van der Waals surface area contributed by atoms with Crippen molar-refractivity contribution in [3.05, 3.63) is 47.6 Å². The standard InChI is InChI=1S/C16H21N3O2/c1-16(10-5-11-20-16)15-18-14(21-19-15)13(17)9-8-12-6-3-2-4-7-12/h2-4,6-7,13H,5,8-11,17H2,1H3/t13-,16?/m0/s1. The highest BCUT2D eigenvalue weighted by Gasteiger charge is 2.37. The lowest BCUT2D eigenvalue weighted by molar-refractivity contribution is 0.00768. The Balaban J connectivity index is 1.63. The molecular formula is C16H21N3O2. The smallest absolute Gasteiger partial charge is 0.243 e. The highest BCUT2D eigenvalue weighted by molar-refractivity contribution is 5.15. The summed E-state index contributed by atoms with van der Waals surface area (Å²) in [7, 11) is 0. The van der Waals surface area contributed by atoms with Crippen molar-refractivity contribution in [1.29, 1.82) is 0 Å². The van der Waals surface area contributed by atoms with E-state index in [1.165, 1.54) is 5.56 Å². The van der Waals surface area contributed by atoms with E-state index in [0.29, 0.717) is 11.7 Å². The minimum absolute atomic E-state index is 0.239. The fraction of sp³-hybridized carbons (Fsp3) is 0.500. The van der Waals surface area contributed by atoms with E-state index in [1.54, 1.807) is 0 Å². The van der Waals surface area contributed by atoms with Gasteiger partial charge in [0.05, 0.1) is 6.04 Å². The fourth-order valence-corrected chi connectivity index (χ4v) is 2.65. The molecule has 21 heavy (non-hydrogen) atoms. The van der Waals surface area contributed by atoms with Crippen molar-refractivity contribution in [2.24, 2.45) is 5.73 Å². The molecule has 1 saturated heterocycles. The van der Waals surface area contributed by atoms with Crippen molar-refractivity contribution in [3.63, 3.8) is 0 Å². The zero-order valence-corrected chi connectivity index (χ0v) is 12.3. The second-order valence-electron chi connectivity index (χ2n) is 5.77. The molecule has 0 radical (unpaired) electrons. The summed E-state index contributed by atoms with van der Waals surface area (Å²) in [6, 6.07) is 10.0. The van der Waals surface area contributed by atoms with Crippen LogP contribution in [-0.4, -0.2) is 16.7 Å². The molecule has 2 aromatic rings. The molecule has 1 aliphatic heterocycles. The van der Waals surface area contributed by atoms with Crippen molar-refractivity contribution in [3.8, 4) is 0 Å². The first-order chi connectivity index (χ1) is 10.2. The molecule has 0 amide bonds. The average Bonchev–Trinajstić information content (AvgIpc) is 3.16. The Hall–Kier alpha value is -1.72. The average molecular weight is 287 g/mol. The molecule has 1 aromatic carbocycles. The summed E-state index contributed by atoms with van der Waals surface area (Å²) in [6.07, 6.45) is 3.63. The van der Waals surface area contributed by atoms with Crippen molar-refractivity contribution < 1.29 is 9.26 Å². The SMILES string of the molecule is CC1(c2noc([C@@H](N)CCc3ccccc3)n2)CCCO1. The van der Waals surface area contributed by atoms with Crippen molar-refractivity contribution in [1.82, 2.24) is 10.1 Å². The lowest BCUT2D eigenvalue weighted by Gasteiger charge is -2.17. The highest BCUT2D eigenvalue weighted by Crippen LogP contribution is 2.34. The van der Waals surface area contributed by atoms with Crippen molar-refractivity contribution in [2.45, 2.75) is 44.2 Å². The number of benzene rings is 1. The first-order valence-electron chi connectivity index (χ1n) is 7.45. The van der Waals surface area contributed by atoms with E-state index >= 15 is 0 Å². The van der Waals surface area contributed by atoms with Crippen LogP contribution >= 0.6 is 0 Å². The van der Waals surface area contributed by atoms with E-state index in [0.717, 1.165) is 32.3 Å². The van der Waals surface area contributed by atoms with Crippen LogP contribution in [0.5, 0.6) is 0 Å². The van der Waals surface area contributed by atoms with Gasteiger partial charge < -0.3 is 15.0 Å². The van der Waals surface area contributed by atoms with Gasteiger partial charge in [0.15, 0.2) is 0 Å². The number of nitrogens with two attached hydrogens (primary N) is 1. The van der Waals surface area contributed by atoms with Crippen LogP contribution in [0.4, 0.5) is 0 Å². The van der Waals surface area contributed by atoms with Crippen LogP contribution in [0.25, 0.3) is 0 Å². The Kier molecular flexibility index (Phi) is 4.03. The van der Waals surface area contributed by atoms with Gasteiger partial charge in [-0.05, 0) is 38.2 Å². The van der Waals surface area contributed by atoms with Gasteiger partial charge in [0.2, 0.25) is 11.7 Å². The molecular weight excluding hydrogens is 266 g/mol. The number of nitrogens with zero attached hydrogens (tertiary/aromatic N) is 2. The molecule has 0 bridgehead atoms. The van der Waals surface area contributed by atoms with Gasteiger partial charge in [-0.1, -0.05) is 35.5 Å². The number of ether oxygens (including phenoxy) is 1. The number of aromatic nitrogens is 2. The van der Waals surface area contributed by atoms with Crippen molar-refractivity contribution in [2.75, 3.05) is 6.61 Å². The number of hydrogen-bond donors (Lipinski definition) is 1. The van der Waals surface area contributed by atoms with E-state index in [2.05, 4.69) is 22.3 Å². The molecule has 1 aromatic heterocycles. The van der Waals surface area contributed by atoms with Gasteiger partial charge in [-0.3, -0.25) is 0 Å². The Labute approximate surface area is 124 Å². The van der Waals surface area contributed by atoms with Crippen LogP contribution in [0, 0.1) is 0 Å².